The number of esters is 4. The van der Waals surface area contributed by atoms with Crippen LogP contribution in [0.4, 0.5) is 0 Å². The number of aliphatic hydroxyl groups is 4. The van der Waals surface area contributed by atoms with Gasteiger partial charge >= 0.3 is 35.8 Å². The average Bonchev–Trinajstić information content (AvgIpc) is 3.33. The zero-order valence-corrected chi connectivity index (χ0v) is 46.0. The smallest absolute Gasteiger partial charge is 0.377 e. The van der Waals surface area contributed by atoms with Crippen LogP contribution in [0.2, 0.25) is 0 Å². The van der Waals surface area contributed by atoms with Crippen LogP contribution in [-0.2, 0) is 28.5 Å². The van der Waals surface area contributed by atoms with Crippen LogP contribution in [0.5, 0.6) is 80.5 Å². The van der Waals surface area contributed by atoms with E-state index in [0.29, 0.717) is 18.6 Å². The summed E-state index contributed by atoms with van der Waals surface area (Å²) in [5, 5.41) is 179. The first-order valence-corrected chi connectivity index (χ1v) is 25.2. The lowest BCUT2D eigenvalue weighted by Gasteiger charge is -2.13. The summed E-state index contributed by atoms with van der Waals surface area (Å²) >= 11 is 0. The third-order valence-corrected chi connectivity index (χ3v) is 10.6. The van der Waals surface area contributed by atoms with Crippen LogP contribution in [0.25, 0.3) is 6.08 Å². The van der Waals surface area contributed by atoms with Crippen molar-refractivity contribution in [2.75, 3.05) is 26.4 Å². The highest BCUT2D eigenvalue weighted by Gasteiger charge is 2.38. The zero-order chi connectivity index (χ0) is 65.5. The molecule has 5 aromatic rings. The van der Waals surface area contributed by atoms with E-state index in [1.807, 2.05) is 6.92 Å². The minimum Gasteiger partial charge on any atom is -0.505 e. The summed E-state index contributed by atoms with van der Waals surface area (Å²) in [6, 6.07) is 12.0. The van der Waals surface area contributed by atoms with Crippen LogP contribution in [0.3, 0.4) is 0 Å². The number of carboxylic acid groups (broad SMARTS) is 2. The molecule has 0 fully saturated rings. The molecule has 2 unspecified atom stereocenters. The molecule has 1 heterocycles. The predicted octanol–water partition coefficient (Wildman–Crippen LogP) is 5.96. The molecule has 86 heavy (non-hydrogen) atoms. The van der Waals surface area contributed by atoms with Gasteiger partial charge in [0.2, 0.25) is 5.76 Å². The number of rotatable bonds is 18. The maximum atomic E-state index is 11.7. The second kappa shape index (κ2) is 36.6. The molecular formula is C56H66O30. The number of phenols is 14. The Morgan fingerprint density at radius 2 is 0.872 bits per heavy atom. The number of hydrogen-bond acceptors (Lipinski definition) is 28. The third-order valence-electron chi connectivity index (χ3n) is 10.6. The monoisotopic (exact) mass is 1220 g/mol. The van der Waals surface area contributed by atoms with Crippen molar-refractivity contribution < 1.29 is 150 Å². The Morgan fingerprint density at radius 1 is 0.488 bits per heavy atom. The van der Waals surface area contributed by atoms with Gasteiger partial charge in [0.05, 0.1) is 48.7 Å². The van der Waals surface area contributed by atoms with E-state index in [1.165, 1.54) is 43.5 Å². The number of phenolic OH excluding ortho intramolecular Hbond substituents is 14. The quantitative estimate of drug-likeness (QED) is 0.0158. The number of ether oxygens (including phenoxy) is 4. The van der Waals surface area contributed by atoms with E-state index in [-0.39, 0.29) is 47.0 Å². The highest BCUT2D eigenvalue weighted by molar-refractivity contribution is 5.93. The molecule has 0 saturated heterocycles. The number of aliphatic carboxylic acids is 1. The number of carbonyl (C=O) groups excluding carboxylic acids is 4. The number of unbranched alkanes of at least 4 members (excludes halogenated alkanes) is 5. The lowest BCUT2D eigenvalue weighted by Crippen LogP contribution is -2.31. The third kappa shape index (κ3) is 24.3. The minimum atomic E-state index is -1.42. The second-order valence-corrected chi connectivity index (χ2v) is 17.2. The Bertz CT molecular complexity index is 3070. The Kier molecular flexibility index (Phi) is 31.1. The number of cyclic esters (lactones) is 1. The molecule has 0 radical (unpaired) electrons. The Balaban J connectivity index is 0.000000521. The van der Waals surface area contributed by atoms with Crippen molar-refractivity contribution in [3.05, 3.63) is 112 Å². The fourth-order valence-electron chi connectivity index (χ4n) is 6.15. The summed E-state index contributed by atoms with van der Waals surface area (Å²) < 4.78 is 18.8. The molecule has 0 aromatic heterocycles. The molecule has 1 aliphatic heterocycles. The molecule has 30 heteroatoms. The summed E-state index contributed by atoms with van der Waals surface area (Å²) in [6.07, 6.45) is 6.74. The molecule has 0 bridgehead atoms. The van der Waals surface area contributed by atoms with Crippen molar-refractivity contribution in [2.24, 2.45) is 0 Å². The van der Waals surface area contributed by atoms with Gasteiger partial charge in [-0.15, -0.1) is 0 Å². The van der Waals surface area contributed by atoms with E-state index < -0.39 is 135 Å². The largest absolute Gasteiger partial charge is 0.505 e. The molecule has 470 valence electrons. The summed E-state index contributed by atoms with van der Waals surface area (Å²) in [4.78, 5) is 65.1. The fraction of sp³-hybridized carbons (Fsp3) is 0.286. The lowest BCUT2D eigenvalue weighted by atomic mass is 10.1. The Hall–Kier alpha value is -10.9. The molecule has 0 spiro atoms. The standard InChI is InChI=1S/C15H22O5.C10H12O5.C9H10O5.C9H8O4.C7H6O5.C6H8O6/c1-2-3-4-5-6-7-8-20-15(19)11-9-12(16)14(18)13(17)10-11;1-2-3-15-10(14)6-4-7(11)9(13)8(12)5-6;1-2-14-9(13)5-3-6(10)8(12)7(11)4-5;10-7-3-1-6(5-8(7)11)2-4-9(12)13;8-4-1-3(7(11)12)2-5(9)6(4)10;7-1-2(8)5-3(9)4(10)6(11)12-5/h9-10,16-18H,2-8H2,1H3;4-5,11-13H,2-3H2,1H3;3-4,10-12H,2H2,1H3;1-5,10-11H,(H,12,13);1-2,8-10H,(H,11,12);2,5,7-10H,1H2/b;;;4-2+;;. The maximum Gasteiger partial charge on any atom is 0.377 e. The van der Waals surface area contributed by atoms with Gasteiger partial charge in [0.15, 0.2) is 92.4 Å². The van der Waals surface area contributed by atoms with E-state index in [2.05, 4.69) is 16.4 Å². The van der Waals surface area contributed by atoms with Crippen molar-refractivity contribution in [2.45, 2.75) is 77.9 Å². The van der Waals surface area contributed by atoms with Gasteiger partial charge in [0.25, 0.3) is 0 Å². The van der Waals surface area contributed by atoms with Gasteiger partial charge in [-0.05, 0) is 92.1 Å². The number of aliphatic hydroxyl groups excluding tert-OH is 4. The minimum absolute atomic E-state index is 0.00347. The molecule has 5 aromatic carbocycles. The molecule has 0 aliphatic carbocycles. The number of aromatic carboxylic acids is 1. The topological polar surface area (TPSA) is 544 Å². The van der Waals surface area contributed by atoms with Gasteiger partial charge in [-0.2, -0.15) is 0 Å². The highest BCUT2D eigenvalue weighted by Crippen LogP contribution is 2.38. The first-order valence-electron chi connectivity index (χ1n) is 25.2. The summed E-state index contributed by atoms with van der Waals surface area (Å²) in [5.74, 6) is -14.9. The van der Waals surface area contributed by atoms with Crippen molar-refractivity contribution >= 4 is 41.9 Å². The lowest BCUT2D eigenvalue weighted by molar-refractivity contribution is -0.147. The van der Waals surface area contributed by atoms with Crippen LogP contribution in [0.15, 0.2) is 84.3 Å². The Morgan fingerprint density at radius 3 is 1.21 bits per heavy atom. The molecule has 6 rings (SSSR count). The maximum absolute atomic E-state index is 11.7. The van der Waals surface area contributed by atoms with Gasteiger partial charge in [0, 0.05) is 6.08 Å². The van der Waals surface area contributed by atoms with Crippen molar-refractivity contribution in [3.63, 3.8) is 0 Å². The van der Waals surface area contributed by atoms with E-state index in [0.717, 1.165) is 73.9 Å². The van der Waals surface area contributed by atoms with Gasteiger partial charge < -0.3 is 121 Å². The van der Waals surface area contributed by atoms with Gasteiger partial charge in [0.1, 0.15) is 6.10 Å². The zero-order valence-electron chi connectivity index (χ0n) is 46.0. The van der Waals surface area contributed by atoms with Crippen LogP contribution in [0.1, 0.15) is 113 Å². The van der Waals surface area contributed by atoms with Gasteiger partial charge in [-0.3, -0.25) is 0 Å². The fourth-order valence-corrected chi connectivity index (χ4v) is 6.15. The molecule has 0 amide bonds. The molecule has 2 atom stereocenters. The SMILES string of the molecule is CCCCCCCCOC(=O)c1cc(O)c(O)c(O)c1.CCCOC(=O)c1cc(O)c(O)c(O)c1.CCOC(=O)c1cc(O)c(O)c(O)c1.O=C(O)/C=C/c1ccc(O)c(O)c1.O=C(O)c1cc(O)c(O)c(O)c1.O=C1OC(C(O)CO)C(O)=C1O. The van der Waals surface area contributed by atoms with Crippen molar-refractivity contribution in [1.29, 1.82) is 0 Å². The molecule has 1 aliphatic rings. The van der Waals surface area contributed by atoms with Crippen LogP contribution < -0.4 is 0 Å². The van der Waals surface area contributed by atoms with Gasteiger partial charge in [-0.25, -0.2) is 28.8 Å². The van der Waals surface area contributed by atoms with Crippen LogP contribution in [0, 0.1) is 0 Å². The molecule has 20 N–H and O–H groups in total. The number of benzene rings is 5. The van der Waals surface area contributed by atoms with Crippen molar-refractivity contribution in [3.8, 4) is 80.5 Å². The van der Waals surface area contributed by atoms with E-state index in [9.17, 15) is 44.1 Å². The first-order chi connectivity index (χ1) is 40.4. The Labute approximate surface area is 487 Å². The van der Waals surface area contributed by atoms with Crippen LogP contribution >= 0.6 is 0 Å². The van der Waals surface area contributed by atoms with Crippen molar-refractivity contribution in [1.82, 2.24) is 0 Å². The normalized spacial score (nSPS) is 12.3. The number of hydrogen-bond donors (Lipinski definition) is 20. The summed E-state index contributed by atoms with van der Waals surface area (Å²) in [7, 11) is 0. The second-order valence-electron chi connectivity index (χ2n) is 17.2. The number of carboxylic acids is 2. The van der Waals surface area contributed by atoms with E-state index in [4.69, 9.17) is 96.3 Å². The summed E-state index contributed by atoms with van der Waals surface area (Å²) in [5.41, 5.74) is 0.222. The number of carbonyl (C=O) groups is 6. The van der Waals surface area contributed by atoms with Gasteiger partial charge in [-0.1, -0.05) is 52.0 Å². The molecular weight excluding hydrogens is 1150 g/mol. The predicted molar refractivity (Wildman–Crippen MR) is 295 cm³/mol. The molecule has 0 saturated carbocycles. The van der Waals surface area contributed by atoms with E-state index in [1.54, 1.807) is 6.92 Å². The molecule has 30 nitrogen and oxygen atoms in total. The van der Waals surface area contributed by atoms with E-state index >= 15 is 0 Å². The first kappa shape index (κ1) is 73.1. The summed E-state index contributed by atoms with van der Waals surface area (Å²) in [6.45, 7) is 5.74. The number of aromatic hydroxyl groups is 14. The highest BCUT2D eigenvalue weighted by atomic mass is 16.6. The average molecular weight is 1220 g/mol. The van der Waals surface area contributed by atoms with Crippen LogP contribution in [-0.4, -0.2) is 177 Å².